The normalized spacial score (nSPS) is 21.6. The molecule has 5 heteroatoms. The van der Waals surface area contributed by atoms with Gasteiger partial charge in [0.25, 0.3) is 5.91 Å². The van der Waals surface area contributed by atoms with E-state index in [2.05, 4.69) is 44.4 Å². The van der Waals surface area contributed by atoms with E-state index in [1.807, 2.05) is 44.2 Å². The maximum absolute atomic E-state index is 12.8. The quantitative estimate of drug-likeness (QED) is 0.703. The summed E-state index contributed by atoms with van der Waals surface area (Å²) in [6.07, 6.45) is 0. The Balaban J connectivity index is 1.80. The van der Waals surface area contributed by atoms with E-state index in [1.54, 1.807) is 6.07 Å². The van der Waals surface area contributed by atoms with Gasteiger partial charge in [0.15, 0.2) is 0 Å². The van der Waals surface area contributed by atoms with Crippen molar-refractivity contribution in [1.29, 1.82) is 5.26 Å². The van der Waals surface area contributed by atoms with Gasteiger partial charge in [0.2, 0.25) is 0 Å². The molecule has 0 heterocycles. The van der Waals surface area contributed by atoms with E-state index in [0.29, 0.717) is 16.1 Å². The number of amides is 1. The molecule has 0 atom stereocenters. The molecular formula is C24H28ClN3O. The summed E-state index contributed by atoms with van der Waals surface area (Å²) < 4.78 is 0. The van der Waals surface area contributed by atoms with E-state index < -0.39 is 0 Å². The van der Waals surface area contributed by atoms with Crippen LogP contribution in [-0.2, 0) is 0 Å². The first-order valence-corrected chi connectivity index (χ1v) is 10.2. The molecule has 3 rings (SSSR count). The predicted octanol–water partition coefficient (Wildman–Crippen LogP) is 5.47. The van der Waals surface area contributed by atoms with E-state index in [1.165, 1.54) is 0 Å². The van der Waals surface area contributed by atoms with Crippen LogP contribution >= 0.6 is 11.6 Å². The van der Waals surface area contributed by atoms with Crippen LogP contribution in [0.2, 0.25) is 5.02 Å². The predicted molar refractivity (Wildman–Crippen MR) is 118 cm³/mol. The monoisotopic (exact) mass is 409 g/mol. The lowest BCUT2D eigenvalue weighted by molar-refractivity contribution is -0.0554. The van der Waals surface area contributed by atoms with Crippen LogP contribution in [0.5, 0.6) is 0 Å². The number of anilines is 1. The van der Waals surface area contributed by atoms with Crippen LogP contribution in [0.15, 0.2) is 36.4 Å². The standard InChI is InChI=1S/C24H28ClN3O/c1-14-7-9-16(10-8-14)20(29)28-22-23(3,4)21(24(22,5)6)27-18-12-11-17(13-26)19(25)15(18)2/h7-12,21-22,27H,1-6H3,(H,28,29)/t21-,22-. The van der Waals surface area contributed by atoms with Crippen molar-refractivity contribution in [2.45, 2.75) is 53.6 Å². The zero-order valence-corrected chi connectivity index (χ0v) is 18.6. The van der Waals surface area contributed by atoms with E-state index >= 15 is 0 Å². The molecule has 1 aliphatic rings. The number of aryl methyl sites for hydroxylation is 1. The molecule has 152 valence electrons. The number of nitriles is 1. The number of halogens is 1. The lowest BCUT2D eigenvalue weighted by Gasteiger charge is -2.64. The van der Waals surface area contributed by atoms with Crippen molar-refractivity contribution in [2.24, 2.45) is 10.8 Å². The fraction of sp³-hybridized carbons (Fsp3) is 0.417. The Morgan fingerprint density at radius 1 is 1.00 bits per heavy atom. The number of nitrogens with zero attached hydrogens (tertiary/aromatic N) is 1. The van der Waals surface area contributed by atoms with Crippen molar-refractivity contribution in [1.82, 2.24) is 5.32 Å². The highest BCUT2D eigenvalue weighted by Gasteiger charge is 2.62. The molecule has 0 unspecified atom stereocenters. The molecule has 0 saturated heterocycles. The Hall–Kier alpha value is -2.51. The van der Waals surface area contributed by atoms with Crippen LogP contribution < -0.4 is 10.6 Å². The van der Waals surface area contributed by atoms with Gasteiger partial charge in [-0.15, -0.1) is 0 Å². The summed E-state index contributed by atoms with van der Waals surface area (Å²) >= 11 is 6.34. The molecule has 29 heavy (non-hydrogen) atoms. The molecule has 0 aliphatic heterocycles. The second kappa shape index (κ2) is 7.39. The van der Waals surface area contributed by atoms with Crippen molar-refractivity contribution in [3.8, 4) is 6.07 Å². The van der Waals surface area contributed by atoms with Gasteiger partial charge in [0.05, 0.1) is 10.6 Å². The molecule has 2 aromatic carbocycles. The van der Waals surface area contributed by atoms with Gasteiger partial charge >= 0.3 is 0 Å². The summed E-state index contributed by atoms with van der Waals surface area (Å²) in [7, 11) is 0. The van der Waals surface area contributed by atoms with Gasteiger partial charge in [-0.1, -0.05) is 57.0 Å². The number of carbonyl (C=O) groups excluding carboxylic acids is 1. The third kappa shape index (κ3) is 3.60. The fourth-order valence-corrected chi connectivity index (χ4v) is 5.11. The highest BCUT2D eigenvalue weighted by Crippen LogP contribution is 2.55. The average molecular weight is 410 g/mol. The highest BCUT2D eigenvalue weighted by atomic mass is 35.5. The second-order valence-electron chi connectivity index (χ2n) is 9.20. The van der Waals surface area contributed by atoms with Gasteiger partial charge in [0.1, 0.15) is 6.07 Å². The summed E-state index contributed by atoms with van der Waals surface area (Å²) in [4.78, 5) is 12.8. The summed E-state index contributed by atoms with van der Waals surface area (Å²) in [6.45, 7) is 12.6. The van der Waals surface area contributed by atoms with E-state index in [0.717, 1.165) is 16.8 Å². The molecule has 0 aromatic heterocycles. The Morgan fingerprint density at radius 3 is 2.14 bits per heavy atom. The lowest BCUT2D eigenvalue weighted by Crippen LogP contribution is -2.75. The second-order valence-corrected chi connectivity index (χ2v) is 9.58. The van der Waals surface area contributed by atoms with Gasteiger partial charge in [-0.3, -0.25) is 4.79 Å². The number of benzene rings is 2. The van der Waals surface area contributed by atoms with Crippen molar-refractivity contribution in [3.05, 3.63) is 63.7 Å². The highest BCUT2D eigenvalue weighted by molar-refractivity contribution is 6.32. The van der Waals surface area contributed by atoms with Gasteiger partial charge in [0, 0.05) is 34.2 Å². The summed E-state index contributed by atoms with van der Waals surface area (Å²) in [5.74, 6) is -0.0489. The largest absolute Gasteiger partial charge is 0.381 e. The third-order valence-electron chi connectivity index (χ3n) is 6.37. The van der Waals surface area contributed by atoms with Gasteiger partial charge < -0.3 is 10.6 Å². The van der Waals surface area contributed by atoms with Crippen molar-refractivity contribution < 1.29 is 4.79 Å². The summed E-state index contributed by atoms with van der Waals surface area (Å²) in [5, 5.41) is 16.5. The Bertz CT molecular complexity index is 970. The fourth-order valence-electron chi connectivity index (χ4n) is 4.90. The smallest absolute Gasteiger partial charge is 0.251 e. The third-order valence-corrected chi connectivity index (χ3v) is 6.86. The first-order valence-electron chi connectivity index (χ1n) is 9.83. The van der Waals surface area contributed by atoms with Gasteiger partial charge in [-0.25, -0.2) is 0 Å². The molecule has 1 amide bonds. The van der Waals surface area contributed by atoms with Crippen LogP contribution in [0.3, 0.4) is 0 Å². The Morgan fingerprint density at radius 2 is 1.59 bits per heavy atom. The van der Waals surface area contributed by atoms with Crippen molar-refractivity contribution >= 4 is 23.2 Å². The van der Waals surface area contributed by atoms with E-state index in [4.69, 9.17) is 11.6 Å². The molecule has 0 bridgehead atoms. The number of nitrogens with one attached hydrogen (secondary N) is 2. The molecular weight excluding hydrogens is 382 g/mol. The Kier molecular flexibility index (Phi) is 5.40. The number of rotatable bonds is 4. The maximum Gasteiger partial charge on any atom is 0.251 e. The zero-order valence-electron chi connectivity index (χ0n) is 17.9. The molecule has 0 radical (unpaired) electrons. The minimum atomic E-state index is -0.170. The molecule has 1 aliphatic carbocycles. The summed E-state index contributed by atoms with van der Waals surface area (Å²) in [6, 6.07) is 13.5. The first-order chi connectivity index (χ1) is 13.5. The Labute approximate surface area is 178 Å². The van der Waals surface area contributed by atoms with Crippen molar-refractivity contribution in [3.63, 3.8) is 0 Å². The average Bonchev–Trinajstić information content (AvgIpc) is 2.67. The number of hydrogen-bond acceptors (Lipinski definition) is 3. The topological polar surface area (TPSA) is 64.9 Å². The molecule has 0 spiro atoms. The lowest BCUT2D eigenvalue weighted by atomic mass is 9.48. The van der Waals surface area contributed by atoms with Crippen LogP contribution in [-0.4, -0.2) is 18.0 Å². The van der Waals surface area contributed by atoms with E-state index in [9.17, 15) is 10.1 Å². The van der Waals surface area contributed by atoms with Gasteiger partial charge in [-0.2, -0.15) is 5.26 Å². The maximum atomic E-state index is 12.8. The minimum absolute atomic E-state index is 0.00969. The van der Waals surface area contributed by atoms with Crippen LogP contribution in [0, 0.1) is 36.0 Å². The van der Waals surface area contributed by atoms with E-state index in [-0.39, 0.29) is 28.8 Å². The molecule has 1 fully saturated rings. The number of carbonyl (C=O) groups is 1. The zero-order chi connectivity index (χ0) is 21.6. The number of hydrogen-bond donors (Lipinski definition) is 2. The minimum Gasteiger partial charge on any atom is -0.381 e. The van der Waals surface area contributed by atoms with Crippen LogP contribution in [0.25, 0.3) is 0 Å². The van der Waals surface area contributed by atoms with Crippen LogP contribution in [0.1, 0.15) is 54.7 Å². The van der Waals surface area contributed by atoms with Crippen molar-refractivity contribution in [2.75, 3.05) is 5.32 Å². The first kappa shape index (κ1) is 21.2. The molecule has 1 saturated carbocycles. The van der Waals surface area contributed by atoms with Crippen LogP contribution in [0.4, 0.5) is 5.69 Å². The molecule has 2 aromatic rings. The SMILES string of the molecule is Cc1ccc(C(=O)N[C@H]2C(C)(C)[C@H](Nc3ccc(C#N)c(Cl)c3C)C2(C)C)cc1. The summed E-state index contributed by atoms with van der Waals surface area (Å²) in [5.41, 5.74) is 3.73. The molecule has 2 N–H and O–H groups in total. The molecule has 4 nitrogen and oxygen atoms in total. The van der Waals surface area contributed by atoms with Gasteiger partial charge in [-0.05, 0) is 43.7 Å².